The van der Waals surface area contributed by atoms with Crippen LogP contribution in [0, 0.1) is 0 Å². The number of amides is 1. The van der Waals surface area contributed by atoms with Gasteiger partial charge in [-0.15, -0.1) is 0 Å². The third-order valence-electron chi connectivity index (χ3n) is 6.42. The Morgan fingerprint density at radius 1 is 0.900 bits per heavy atom. The maximum atomic E-state index is 13.6. The third-order valence-corrected chi connectivity index (χ3v) is 6.42. The van der Waals surface area contributed by atoms with E-state index in [4.69, 9.17) is 18.9 Å². The minimum atomic E-state index is -0.862. The number of Topliss-reactive ketones (excluding diaryl/α,β-unsaturated/α-hetero) is 1. The summed E-state index contributed by atoms with van der Waals surface area (Å²) in [5, 5.41) is 11.6. The van der Waals surface area contributed by atoms with Gasteiger partial charge in [0.2, 0.25) is 0 Å². The summed E-state index contributed by atoms with van der Waals surface area (Å²) in [6, 6.07) is 18.7. The van der Waals surface area contributed by atoms with E-state index < -0.39 is 17.7 Å². The molecule has 3 aromatic rings. The van der Waals surface area contributed by atoms with Crippen molar-refractivity contribution in [2.24, 2.45) is 0 Å². The van der Waals surface area contributed by atoms with Crippen LogP contribution in [0.15, 0.2) is 72.3 Å². The van der Waals surface area contributed by atoms with E-state index in [1.165, 1.54) is 4.90 Å². The lowest BCUT2D eigenvalue weighted by Crippen LogP contribution is -2.29. The maximum absolute atomic E-state index is 13.6. The molecule has 1 aliphatic heterocycles. The van der Waals surface area contributed by atoms with Crippen molar-refractivity contribution in [3.63, 3.8) is 0 Å². The van der Waals surface area contributed by atoms with Crippen LogP contribution in [0.5, 0.6) is 23.0 Å². The molecule has 1 heterocycles. The molecule has 1 aliphatic rings. The van der Waals surface area contributed by atoms with Gasteiger partial charge in [-0.3, -0.25) is 9.59 Å². The lowest BCUT2D eigenvalue weighted by Gasteiger charge is -2.26. The molecule has 0 radical (unpaired) electrons. The molecule has 40 heavy (non-hydrogen) atoms. The fourth-order valence-electron chi connectivity index (χ4n) is 4.72. The number of aliphatic hydroxyl groups excluding tert-OH is 1. The Bertz CT molecular complexity index is 1390. The second-order valence-electron chi connectivity index (χ2n) is 9.54. The van der Waals surface area contributed by atoms with E-state index in [0.717, 1.165) is 5.56 Å². The number of ether oxygens (including phenoxy) is 4. The molecule has 8 heteroatoms. The molecule has 4 rings (SSSR count). The highest BCUT2D eigenvalue weighted by molar-refractivity contribution is 6.46. The van der Waals surface area contributed by atoms with E-state index in [9.17, 15) is 14.7 Å². The van der Waals surface area contributed by atoms with Crippen molar-refractivity contribution < 1.29 is 33.6 Å². The zero-order chi connectivity index (χ0) is 28.8. The second kappa shape index (κ2) is 12.6. The first kappa shape index (κ1) is 28.5. The number of methoxy groups -OCH3 is 1. The van der Waals surface area contributed by atoms with E-state index in [2.05, 4.69) is 0 Å². The number of rotatable bonds is 11. The van der Waals surface area contributed by atoms with Crippen LogP contribution >= 0.6 is 0 Å². The first-order valence-corrected chi connectivity index (χ1v) is 13.3. The van der Waals surface area contributed by atoms with Crippen LogP contribution in [0.3, 0.4) is 0 Å². The number of carbonyl (C=O) groups is 2. The highest BCUT2D eigenvalue weighted by Gasteiger charge is 2.46. The van der Waals surface area contributed by atoms with Gasteiger partial charge in [0.25, 0.3) is 11.7 Å². The average Bonchev–Trinajstić information content (AvgIpc) is 3.18. The molecular weight excluding hydrogens is 510 g/mol. The summed E-state index contributed by atoms with van der Waals surface area (Å²) in [6.45, 7) is 8.47. The highest BCUT2D eigenvalue weighted by Crippen LogP contribution is 2.43. The molecule has 3 aromatic carbocycles. The van der Waals surface area contributed by atoms with Gasteiger partial charge in [0.15, 0.2) is 0 Å². The van der Waals surface area contributed by atoms with E-state index in [0.29, 0.717) is 47.3 Å². The van der Waals surface area contributed by atoms with Gasteiger partial charge in [-0.2, -0.15) is 0 Å². The summed E-state index contributed by atoms with van der Waals surface area (Å²) in [4.78, 5) is 28.6. The van der Waals surface area contributed by atoms with Crippen LogP contribution in [-0.4, -0.2) is 48.1 Å². The largest absolute Gasteiger partial charge is 0.507 e. The number of nitrogens with zero attached hydrogens (tertiary/aromatic N) is 1. The van der Waals surface area contributed by atoms with Crippen LogP contribution in [0.2, 0.25) is 0 Å². The zero-order valence-electron chi connectivity index (χ0n) is 23.5. The smallest absolute Gasteiger partial charge is 0.295 e. The molecular formula is C32H35NO7. The summed E-state index contributed by atoms with van der Waals surface area (Å²) >= 11 is 0. The third kappa shape index (κ3) is 6.06. The number of benzene rings is 3. The number of ketones is 1. The van der Waals surface area contributed by atoms with Gasteiger partial charge in [0.05, 0.1) is 43.6 Å². The predicted octanol–water partition coefficient (Wildman–Crippen LogP) is 5.90. The van der Waals surface area contributed by atoms with E-state index in [-0.39, 0.29) is 24.0 Å². The van der Waals surface area contributed by atoms with Crippen molar-refractivity contribution in [1.82, 2.24) is 4.90 Å². The molecule has 1 N–H and O–H groups in total. The molecule has 1 unspecified atom stereocenters. The van der Waals surface area contributed by atoms with Crippen molar-refractivity contribution in [3.8, 4) is 23.0 Å². The molecule has 0 bridgehead atoms. The van der Waals surface area contributed by atoms with Crippen molar-refractivity contribution in [2.45, 2.75) is 46.4 Å². The normalized spacial score (nSPS) is 16.4. The molecule has 0 aromatic heterocycles. The molecule has 0 aliphatic carbocycles. The summed E-state index contributed by atoms with van der Waals surface area (Å²) < 4.78 is 22.6. The number of hydrogen-bond donors (Lipinski definition) is 1. The van der Waals surface area contributed by atoms with Gasteiger partial charge in [0, 0.05) is 12.6 Å². The maximum Gasteiger partial charge on any atom is 0.295 e. The Morgan fingerprint density at radius 2 is 1.60 bits per heavy atom. The van der Waals surface area contributed by atoms with Crippen LogP contribution in [0.25, 0.3) is 5.76 Å². The number of aliphatic hydroxyl groups is 1. The van der Waals surface area contributed by atoms with E-state index in [1.807, 2.05) is 58.0 Å². The Balaban J connectivity index is 1.87. The Labute approximate surface area is 234 Å². The molecule has 210 valence electrons. The highest BCUT2D eigenvalue weighted by atomic mass is 16.5. The molecule has 1 saturated heterocycles. The first-order valence-electron chi connectivity index (χ1n) is 13.3. The minimum absolute atomic E-state index is 0.0229. The van der Waals surface area contributed by atoms with E-state index >= 15 is 0 Å². The first-order chi connectivity index (χ1) is 19.3. The lowest BCUT2D eigenvalue weighted by atomic mass is 9.94. The van der Waals surface area contributed by atoms with Gasteiger partial charge in [-0.05, 0) is 75.2 Å². The van der Waals surface area contributed by atoms with Crippen LogP contribution in [0.4, 0.5) is 0 Å². The molecule has 1 atom stereocenters. The summed E-state index contributed by atoms with van der Waals surface area (Å²) in [6.07, 6.45) is -0.0708. The standard InChI is InChI=1S/C32H35NO7/c1-6-38-24-15-16-26(27(18-24)39-7-2)30(34)28-29(22-9-8-10-25(17-22)40-20(3)4)33(32(36)31(28)35)19-21-11-13-23(37-5)14-12-21/h8-18,20,29,34H,6-7,19H2,1-5H3/b30-28+. The monoisotopic (exact) mass is 545 g/mol. The number of likely N-dealkylation sites (tertiary alicyclic amines) is 1. The fourth-order valence-corrected chi connectivity index (χ4v) is 4.72. The van der Waals surface area contributed by atoms with Gasteiger partial charge in [-0.25, -0.2) is 0 Å². The Kier molecular flexibility index (Phi) is 8.99. The number of hydrogen-bond acceptors (Lipinski definition) is 7. The molecule has 1 fully saturated rings. The lowest BCUT2D eigenvalue weighted by molar-refractivity contribution is -0.140. The predicted molar refractivity (Wildman–Crippen MR) is 152 cm³/mol. The zero-order valence-corrected chi connectivity index (χ0v) is 23.5. The van der Waals surface area contributed by atoms with Crippen LogP contribution < -0.4 is 18.9 Å². The van der Waals surface area contributed by atoms with Gasteiger partial charge >= 0.3 is 0 Å². The van der Waals surface area contributed by atoms with Gasteiger partial charge < -0.3 is 29.0 Å². The van der Waals surface area contributed by atoms with Gasteiger partial charge in [-0.1, -0.05) is 24.3 Å². The summed E-state index contributed by atoms with van der Waals surface area (Å²) in [7, 11) is 1.58. The van der Waals surface area contributed by atoms with Crippen LogP contribution in [-0.2, 0) is 16.1 Å². The van der Waals surface area contributed by atoms with Crippen LogP contribution in [0.1, 0.15) is 50.4 Å². The quantitative estimate of drug-likeness (QED) is 0.182. The summed E-state index contributed by atoms with van der Waals surface area (Å²) in [5.41, 5.74) is 1.72. The summed E-state index contributed by atoms with van der Waals surface area (Å²) in [5.74, 6) is 0.394. The van der Waals surface area contributed by atoms with Crippen molar-refractivity contribution >= 4 is 17.4 Å². The Hall–Kier alpha value is -4.46. The van der Waals surface area contributed by atoms with Gasteiger partial charge in [0.1, 0.15) is 28.8 Å². The molecule has 0 spiro atoms. The van der Waals surface area contributed by atoms with Crippen molar-refractivity contribution in [1.29, 1.82) is 0 Å². The minimum Gasteiger partial charge on any atom is -0.507 e. The fraction of sp³-hybridized carbons (Fsp3) is 0.312. The number of carbonyl (C=O) groups excluding carboxylic acids is 2. The SMILES string of the molecule is CCOc1ccc(/C(O)=C2\C(=O)C(=O)N(Cc3ccc(OC)cc3)C2c2cccc(OC(C)C)c2)c(OCC)c1. The Morgan fingerprint density at radius 3 is 2.25 bits per heavy atom. The van der Waals surface area contributed by atoms with Crippen molar-refractivity contribution in [3.05, 3.63) is 89.0 Å². The molecule has 0 saturated carbocycles. The van der Waals surface area contributed by atoms with Crippen molar-refractivity contribution in [2.75, 3.05) is 20.3 Å². The second-order valence-corrected chi connectivity index (χ2v) is 9.54. The molecule has 8 nitrogen and oxygen atoms in total. The van der Waals surface area contributed by atoms with E-state index in [1.54, 1.807) is 43.5 Å². The topological polar surface area (TPSA) is 94.5 Å². The average molecular weight is 546 g/mol. The molecule has 1 amide bonds.